The monoisotopic (exact) mass is 152 g/mol. The van der Waals surface area contributed by atoms with Crippen LogP contribution in [0.1, 0.15) is 12.8 Å². The van der Waals surface area contributed by atoms with Gasteiger partial charge in [-0.15, -0.1) is 13.2 Å². The third kappa shape index (κ3) is 4.14. The summed E-state index contributed by atoms with van der Waals surface area (Å²) in [4.78, 5) is 10.4. The van der Waals surface area contributed by atoms with Crippen molar-refractivity contribution in [3.8, 4) is 0 Å². The summed E-state index contributed by atoms with van der Waals surface area (Å²) in [6.07, 6.45) is 5.87. The molecule has 0 saturated heterocycles. The topological polar surface area (TPSA) is 37.3 Å². The van der Waals surface area contributed by atoms with Crippen molar-refractivity contribution in [2.24, 2.45) is 0 Å². The Kier molecular flexibility index (Phi) is 4.82. The normalized spacial score (nSPS) is 10.7. The van der Waals surface area contributed by atoms with Crippen molar-refractivity contribution in [1.29, 1.82) is 0 Å². The Morgan fingerprint density at radius 1 is 1.36 bits per heavy atom. The van der Waals surface area contributed by atoms with Crippen molar-refractivity contribution in [3.05, 3.63) is 37.0 Å². The summed E-state index contributed by atoms with van der Waals surface area (Å²) in [6.45, 7) is 6.95. The maximum absolute atomic E-state index is 10.4. The Hall–Kier alpha value is -1.31. The van der Waals surface area contributed by atoms with Gasteiger partial charge in [0.25, 0.3) is 0 Å². The van der Waals surface area contributed by atoms with Gasteiger partial charge in [0.1, 0.15) is 0 Å². The quantitative estimate of drug-likeness (QED) is 0.484. The molecule has 11 heavy (non-hydrogen) atoms. The van der Waals surface area contributed by atoms with Crippen molar-refractivity contribution in [1.82, 2.24) is 0 Å². The lowest BCUT2D eigenvalue weighted by Gasteiger charge is -1.94. The van der Waals surface area contributed by atoms with Crippen LogP contribution in [0, 0.1) is 0 Å². The Morgan fingerprint density at radius 3 is 2.36 bits per heavy atom. The lowest BCUT2D eigenvalue weighted by atomic mass is 10.1. The van der Waals surface area contributed by atoms with E-state index in [9.17, 15) is 4.79 Å². The second-order valence-electron chi connectivity index (χ2n) is 2.05. The molecule has 0 amide bonds. The molecule has 0 aliphatic heterocycles. The highest BCUT2D eigenvalue weighted by molar-refractivity contribution is 5.86. The first-order valence-electron chi connectivity index (χ1n) is 3.36. The first kappa shape index (κ1) is 9.69. The zero-order chi connectivity index (χ0) is 8.69. The van der Waals surface area contributed by atoms with Crippen molar-refractivity contribution in [3.63, 3.8) is 0 Å². The standard InChI is InChI=1S/C9H12O2/c1-3-5-7-8(6-4-2)9(10)11/h3-4,7H,1-2,5-6H2,(H,10,11). The smallest absolute Gasteiger partial charge is 0.331 e. The summed E-state index contributed by atoms with van der Waals surface area (Å²) >= 11 is 0. The van der Waals surface area contributed by atoms with Gasteiger partial charge in [-0.05, 0) is 12.8 Å². The van der Waals surface area contributed by atoms with Crippen LogP contribution in [0.4, 0.5) is 0 Å². The highest BCUT2D eigenvalue weighted by atomic mass is 16.4. The molecule has 0 aromatic heterocycles. The van der Waals surface area contributed by atoms with Crippen molar-refractivity contribution >= 4 is 5.97 Å². The van der Waals surface area contributed by atoms with Gasteiger partial charge in [0.15, 0.2) is 0 Å². The van der Waals surface area contributed by atoms with Gasteiger partial charge in [0, 0.05) is 5.57 Å². The fourth-order valence-electron chi connectivity index (χ4n) is 0.639. The van der Waals surface area contributed by atoms with E-state index in [1.165, 1.54) is 0 Å². The van der Waals surface area contributed by atoms with Gasteiger partial charge >= 0.3 is 5.97 Å². The maximum Gasteiger partial charge on any atom is 0.331 e. The summed E-state index contributed by atoms with van der Waals surface area (Å²) in [5.74, 6) is -0.883. The highest BCUT2D eigenvalue weighted by Gasteiger charge is 2.02. The first-order valence-corrected chi connectivity index (χ1v) is 3.36. The molecule has 2 heteroatoms. The van der Waals surface area contributed by atoms with Crippen molar-refractivity contribution in [2.75, 3.05) is 0 Å². The number of allylic oxidation sites excluding steroid dienone is 3. The summed E-state index contributed by atoms with van der Waals surface area (Å²) in [5, 5.41) is 8.58. The zero-order valence-corrected chi connectivity index (χ0v) is 6.42. The van der Waals surface area contributed by atoms with E-state index in [0.717, 1.165) is 0 Å². The minimum Gasteiger partial charge on any atom is -0.478 e. The fourth-order valence-corrected chi connectivity index (χ4v) is 0.639. The molecule has 0 spiro atoms. The number of hydrogen-bond acceptors (Lipinski definition) is 1. The summed E-state index contributed by atoms with van der Waals surface area (Å²) < 4.78 is 0. The average Bonchev–Trinajstić information content (AvgIpc) is 1.97. The number of carboxylic acid groups (broad SMARTS) is 1. The molecule has 0 aromatic rings. The Morgan fingerprint density at radius 2 is 2.00 bits per heavy atom. The van der Waals surface area contributed by atoms with Crippen LogP contribution in [0.3, 0.4) is 0 Å². The molecule has 0 rings (SSSR count). The van der Waals surface area contributed by atoms with Crippen LogP contribution in [0.15, 0.2) is 37.0 Å². The van der Waals surface area contributed by atoms with E-state index < -0.39 is 5.97 Å². The summed E-state index contributed by atoms with van der Waals surface area (Å²) in [6, 6.07) is 0. The van der Waals surface area contributed by atoms with Crippen LogP contribution in [0.2, 0.25) is 0 Å². The van der Waals surface area contributed by atoms with Crippen molar-refractivity contribution < 1.29 is 9.90 Å². The molecule has 0 aliphatic rings. The van der Waals surface area contributed by atoms with Crippen molar-refractivity contribution in [2.45, 2.75) is 12.8 Å². The van der Waals surface area contributed by atoms with E-state index in [0.29, 0.717) is 18.4 Å². The molecule has 1 N–H and O–H groups in total. The van der Waals surface area contributed by atoms with Gasteiger partial charge < -0.3 is 5.11 Å². The third-order valence-corrected chi connectivity index (χ3v) is 1.17. The molecule has 0 aliphatic carbocycles. The Bertz CT molecular complexity index is 190. The molecule has 0 aromatic carbocycles. The van der Waals surface area contributed by atoms with Crippen LogP contribution in [0.25, 0.3) is 0 Å². The predicted molar refractivity (Wildman–Crippen MR) is 45.3 cm³/mol. The van der Waals surface area contributed by atoms with Crippen LogP contribution < -0.4 is 0 Å². The molecule has 0 unspecified atom stereocenters. The molecular formula is C9H12O2. The molecular weight excluding hydrogens is 140 g/mol. The van der Waals surface area contributed by atoms with E-state index in [4.69, 9.17) is 5.11 Å². The van der Waals surface area contributed by atoms with Crippen LogP contribution in [-0.2, 0) is 4.79 Å². The SMILES string of the molecule is C=CCC=C(CC=C)C(=O)O. The number of aliphatic carboxylic acids is 1. The highest BCUT2D eigenvalue weighted by Crippen LogP contribution is 2.03. The van der Waals surface area contributed by atoms with E-state index in [2.05, 4.69) is 13.2 Å². The Balaban J connectivity index is 4.18. The minimum atomic E-state index is -0.883. The summed E-state index contributed by atoms with van der Waals surface area (Å²) in [5.41, 5.74) is 0.375. The minimum absolute atomic E-state index is 0.375. The van der Waals surface area contributed by atoms with E-state index in [-0.39, 0.29) is 0 Å². The van der Waals surface area contributed by atoms with E-state index in [1.807, 2.05) is 0 Å². The first-order chi connectivity index (χ1) is 5.22. The fraction of sp³-hybridized carbons (Fsp3) is 0.222. The zero-order valence-electron chi connectivity index (χ0n) is 6.42. The number of rotatable bonds is 5. The maximum atomic E-state index is 10.4. The number of carbonyl (C=O) groups is 1. The van der Waals surface area contributed by atoms with Gasteiger partial charge in [-0.25, -0.2) is 4.79 Å². The number of hydrogen-bond donors (Lipinski definition) is 1. The molecule has 0 fully saturated rings. The molecule has 0 atom stereocenters. The van der Waals surface area contributed by atoms with E-state index in [1.54, 1.807) is 18.2 Å². The average molecular weight is 152 g/mol. The van der Waals surface area contributed by atoms with Crippen LogP contribution in [0.5, 0.6) is 0 Å². The van der Waals surface area contributed by atoms with Gasteiger partial charge in [-0.3, -0.25) is 0 Å². The second-order valence-corrected chi connectivity index (χ2v) is 2.05. The molecule has 0 radical (unpaired) electrons. The molecule has 0 heterocycles. The predicted octanol–water partition coefficient (Wildman–Crippen LogP) is 2.15. The van der Waals surface area contributed by atoms with Gasteiger partial charge in [-0.1, -0.05) is 18.2 Å². The molecule has 60 valence electrons. The van der Waals surface area contributed by atoms with Gasteiger partial charge in [-0.2, -0.15) is 0 Å². The van der Waals surface area contributed by atoms with Gasteiger partial charge in [0.2, 0.25) is 0 Å². The largest absolute Gasteiger partial charge is 0.478 e. The lowest BCUT2D eigenvalue weighted by molar-refractivity contribution is -0.132. The van der Waals surface area contributed by atoms with Crippen LogP contribution >= 0.6 is 0 Å². The third-order valence-electron chi connectivity index (χ3n) is 1.17. The molecule has 0 saturated carbocycles. The van der Waals surface area contributed by atoms with Gasteiger partial charge in [0.05, 0.1) is 0 Å². The van der Waals surface area contributed by atoms with E-state index >= 15 is 0 Å². The molecule has 0 bridgehead atoms. The second kappa shape index (κ2) is 5.47. The molecule has 2 nitrogen and oxygen atoms in total. The summed E-state index contributed by atoms with van der Waals surface area (Å²) in [7, 11) is 0. The number of carboxylic acids is 1. The Labute approximate surface area is 66.5 Å². The van der Waals surface area contributed by atoms with Crippen LogP contribution in [-0.4, -0.2) is 11.1 Å². The lowest BCUT2D eigenvalue weighted by Crippen LogP contribution is -1.98.